The second kappa shape index (κ2) is 33.1. The van der Waals surface area contributed by atoms with E-state index < -0.39 is 12.1 Å². The van der Waals surface area contributed by atoms with Crippen LogP contribution in [0.1, 0.15) is 174 Å². The summed E-state index contributed by atoms with van der Waals surface area (Å²) in [6, 6.07) is -0.620. The zero-order valence-electron chi connectivity index (χ0n) is 27.3. The number of rotatable bonds is 31. The minimum absolute atomic E-state index is 0.0718. The maximum atomic E-state index is 12.3. The predicted molar refractivity (Wildman–Crippen MR) is 179 cm³/mol. The first-order valence-electron chi connectivity index (χ1n) is 17.7. The van der Waals surface area contributed by atoms with Gasteiger partial charge in [0.05, 0.1) is 18.8 Å². The van der Waals surface area contributed by atoms with Crippen LogP contribution in [-0.4, -0.2) is 34.9 Å². The van der Waals surface area contributed by atoms with E-state index in [-0.39, 0.29) is 12.5 Å². The molecular weight excluding hydrogens is 506 g/mol. The van der Waals surface area contributed by atoms with E-state index in [0.29, 0.717) is 6.42 Å². The van der Waals surface area contributed by atoms with Gasteiger partial charge in [0.25, 0.3) is 0 Å². The third-order valence-corrected chi connectivity index (χ3v) is 7.90. The fourth-order valence-electron chi connectivity index (χ4n) is 5.11. The minimum atomic E-state index is -0.836. The van der Waals surface area contributed by atoms with Crippen molar-refractivity contribution in [3.63, 3.8) is 0 Å². The van der Waals surface area contributed by atoms with Crippen LogP contribution in [-0.2, 0) is 4.79 Å². The van der Waals surface area contributed by atoms with E-state index in [4.69, 9.17) is 0 Å². The molecule has 0 aromatic rings. The molecule has 3 N–H and O–H groups in total. The minimum Gasteiger partial charge on any atom is -0.394 e. The molecule has 0 saturated carbocycles. The summed E-state index contributed by atoms with van der Waals surface area (Å²) in [5, 5.41) is 22.8. The lowest BCUT2D eigenvalue weighted by molar-refractivity contribution is -0.123. The van der Waals surface area contributed by atoms with Crippen LogP contribution in [0.3, 0.4) is 0 Å². The first-order chi connectivity index (χ1) is 20.2. The van der Waals surface area contributed by atoms with Gasteiger partial charge < -0.3 is 15.5 Å². The summed E-state index contributed by atoms with van der Waals surface area (Å²) >= 11 is 0. The lowest BCUT2D eigenvalue weighted by atomic mass is 10.0. The molecule has 0 spiro atoms. The molecule has 240 valence electrons. The monoisotopic (exact) mass is 576 g/mol. The van der Waals surface area contributed by atoms with Gasteiger partial charge in [0.15, 0.2) is 0 Å². The first kappa shape index (κ1) is 39.6. The van der Waals surface area contributed by atoms with Gasteiger partial charge in [-0.3, -0.25) is 4.79 Å². The Morgan fingerprint density at radius 1 is 0.585 bits per heavy atom. The van der Waals surface area contributed by atoms with Crippen molar-refractivity contribution in [3.05, 3.63) is 36.5 Å². The molecule has 0 fully saturated rings. The van der Waals surface area contributed by atoms with Crippen molar-refractivity contribution in [1.82, 2.24) is 5.32 Å². The van der Waals surface area contributed by atoms with Crippen LogP contribution in [0, 0.1) is 0 Å². The summed E-state index contributed by atoms with van der Waals surface area (Å²) in [6.07, 6.45) is 42.2. The number of carbonyl (C=O) groups is 1. The summed E-state index contributed by atoms with van der Waals surface area (Å²) in [7, 11) is 0. The average molecular weight is 576 g/mol. The van der Waals surface area contributed by atoms with E-state index in [1.807, 2.05) is 6.08 Å². The summed E-state index contributed by atoms with van der Waals surface area (Å²) < 4.78 is 0. The van der Waals surface area contributed by atoms with Crippen molar-refractivity contribution in [2.75, 3.05) is 6.61 Å². The molecule has 0 aliphatic carbocycles. The largest absolute Gasteiger partial charge is 0.394 e. The molecule has 0 rings (SSSR count). The summed E-state index contributed by atoms with van der Waals surface area (Å²) in [5.74, 6) is -0.0718. The van der Waals surface area contributed by atoms with Crippen molar-refractivity contribution >= 4 is 5.91 Å². The Bertz CT molecular complexity index is 628. The third kappa shape index (κ3) is 29.9. The molecular formula is C37H69NO3. The smallest absolute Gasteiger partial charge is 0.220 e. The fraction of sp³-hybridized carbons (Fsp3) is 0.811. The van der Waals surface area contributed by atoms with Crippen molar-refractivity contribution < 1.29 is 15.0 Å². The molecule has 4 heteroatoms. The highest BCUT2D eigenvalue weighted by molar-refractivity contribution is 5.76. The quantitative estimate of drug-likeness (QED) is 0.0437. The Morgan fingerprint density at radius 3 is 1.46 bits per heavy atom. The zero-order chi connectivity index (χ0) is 30.1. The van der Waals surface area contributed by atoms with Crippen LogP contribution < -0.4 is 5.32 Å². The Kier molecular flexibility index (Phi) is 32.0. The molecule has 0 aromatic carbocycles. The number of carbonyl (C=O) groups excluding carboxylic acids is 1. The molecule has 0 aromatic heterocycles. The van der Waals surface area contributed by atoms with Gasteiger partial charge in [0.1, 0.15) is 0 Å². The van der Waals surface area contributed by atoms with E-state index in [9.17, 15) is 15.0 Å². The molecule has 0 heterocycles. The highest BCUT2D eigenvalue weighted by Gasteiger charge is 2.17. The van der Waals surface area contributed by atoms with Gasteiger partial charge in [0.2, 0.25) is 5.91 Å². The normalized spacial score (nSPS) is 13.6. The number of aliphatic hydroxyl groups is 2. The van der Waals surface area contributed by atoms with Gasteiger partial charge in [-0.1, -0.05) is 159 Å². The second-order valence-corrected chi connectivity index (χ2v) is 12.0. The summed E-state index contributed by atoms with van der Waals surface area (Å²) in [6.45, 7) is 4.24. The number of allylic oxidation sites excluding steroid dienone is 5. The van der Waals surface area contributed by atoms with Gasteiger partial charge >= 0.3 is 0 Å². The van der Waals surface area contributed by atoms with E-state index in [1.165, 1.54) is 128 Å². The number of hydrogen-bond donors (Lipinski definition) is 3. The Balaban J connectivity index is 3.61. The number of hydrogen-bond acceptors (Lipinski definition) is 3. The lowest BCUT2D eigenvalue weighted by Crippen LogP contribution is -2.45. The predicted octanol–water partition coefficient (Wildman–Crippen LogP) is 10.3. The average Bonchev–Trinajstić information content (AvgIpc) is 2.97. The van der Waals surface area contributed by atoms with Crippen molar-refractivity contribution in [2.24, 2.45) is 0 Å². The van der Waals surface area contributed by atoms with Gasteiger partial charge in [-0.05, 0) is 44.9 Å². The third-order valence-electron chi connectivity index (χ3n) is 7.90. The van der Waals surface area contributed by atoms with Crippen molar-refractivity contribution in [1.29, 1.82) is 0 Å². The zero-order valence-corrected chi connectivity index (χ0v) is 27.3. The van der Waals surface area contributed by atoms with E-state index in [1.54, 1.807) is 6.08 Å². The highest BCUT2D eigenvalue weighted by atomic mass is 16.3. The molecule has 2 atom stereocenters. The van der Waals surface area contributed by atoms with E-state index in [0.717, 1.165) is 25.7 Å². The summed E-state index contributed by atoms with van der Waals surface area (Å²) in [5.41, 5.74) is 0. The number of aliphatic hydroxyl groups excluding tert-OH is 2. The maximum absolute atomic E-state index is 12.3. The van der Waals surface area contributed by atoms with Crippen LogP contribution in [0.2, 0.25) is 0 Å². The first-order valence-corrected chi connectivity index (χ1v) is 17.7. The lowest BCUT2D eigenvalue weighted by Gasteiger charge is -2.20. The highest BCUT2D eigenvalue weighted by Crippen LogP contribution is 2.13. The molecule has 0 radical (unpaired) electrons. The Hall–Kier alpha value is -1.39. The molecule has 4 nitrogen and oxygen atoms in total. The number of unbranched alkanes of at least 4 members (excludes halogenated alkanes) is 21. The molecule has 1 amide bonds. The van der Waals surface area contributed by atoms with Crippen molar-refractivity contribution in [3.8, 4) is 0 Å². The molecule has 0 bridgehead atoms. The molecule has 0 aliphatic rings. The van der Waals surface area contributed by atoms with Gasteiger partial charge in [-0.2, -0.15) is 0 Å². The van der Waals surface area contributed by atoms with E-state index >= 15 is 0 Å². The number of nitrogens with one attached hydrogen (secondary N) is 1. The van der Waals surface area contributed by atoms with Crippen LogP contribution in [0.4, 0.5) is 0 Å². The SMILES string of the molecule is CCCCC/C=C\C=C/CCCCCCCCCCCCC(=O)NC(CO)C(O)/C=C/CCCCCCCCCC. The fourth-order valence-corrected chi connectivity index (χ4v) is 5.11. The second-order valence-electron chi connectivity index (χ2n) is 12.0. The molecule has 0 aliphatic heterocycles. The van der Waals surface area contributed by atoms with Crippen molar-refractivity contribution in [2.45, 2.75) is 187 Å². The molecule has 41 heavy (non-hydrogen) atoms. The Morgan fingerprint density at radius 2 is 0.976 bits per heavy atom. The van der Waals surface area contributed by atoms with Crippen LogP contribution in [0.15, 0.2) is 36.5 Å². The maximum Gasteiger partial charge on any atom is 0.220 e. The molecule has 2 unspecified atom stereocenters. The Labute approximate surface area is 255 Å². The van der Waals surface area contributed by atoms with Gasteiger partial charge in [0, 0.05) is 6.42 Å². The standard InChI is InChI=1S/C37H69NO3/c1-3-5-7-9-11-13-15-16-17-18-19-20-21-22-23-25-27-29-31-33-37(41)38-35(34-39)36(40)32-30-28-26-24-14-12-10-8-6-4-2/h11,13,15-16,30,32,35-36,39-40H,3-10,12,14,17-29,31,33-34H2,1-2H3,(H,38,41)/b13-11-,16-15-,32-30+. The number of amides is 1. The topological polar surface area (TPSA) is 69.6 Å². The van der Waals surface area contributed by atoms with E-state index in [2.05, 4.69) is 43.5 Å². The van der Waals surface area contributed by atoms with Gasteiger partial charge in [-0.25, -0.2) is 0 Å². The van der Waals surface area contributed by atoms with Gasteiger partial charge in [-0.15, -0.1) is 0 Å². The van der Waals surface area contributed by atoms with Crippen LogP contribution in [0.5, 0.6) is 0 Å². The summed E-state index contributed by atoms with van der Waals surface area (Å²) in [4.78, 5) is 12.3. The molecule has 0 saturated heterocycles. The van der Waals surface area contributed by atoms with Crippen LogP contribution in [0.25, 0.3) is 0 Å². The van der Waals surface area contributed by atoms with Crippen LogP contribution >= 0.6 is 0 Å².